The van der Waals surface area contributed by atoms with E-state index < -0.39 is 24.3 Å². The molecule has 2 bridgehead atoms. The number of hydrogen-bond acceptors (Lipinski definition) is 8. The molecule has 1 saturated heterocycles. The average molecular weight is 661 g/mol. The average Bonchev–Trinajstić information content (AvgIpc) is 3.84. The first-order valence-electron chi connectivity index (χ1n) is 17.2. The zero-order valence-electron chi connectivity index (χ0n) is 28.0. The number of aromatic nitrogens is 3. The number of fused-ring (bicyclic) bond motifs is 1. The molecule has 3 saturated carbocycles. The SMILES string of the molecule is CC1(C)[C@@H]2C[C@H]3OB([C@H](Cc4ccccc4)NC(=O)C4(Cc5ccccc5)CC(CNC(=O)c5cccn6cnnc56)=NO4)O[C@@]3(C)[C@H]1C2. The Hall–Kier alpha value is -4.55. The molecule has 9 rings (SSSR count). The van der Waals surface area contributed by atoms with Gasteiger partial charge in [-0.15, -0.1) is 10.2 Å². The molecule has 49 heavy (non-hydrogen) atoms. The highest BCUT2D eigenvalue weighted by Gasteiger charge is 2.68. The van der Waals surface area contributed by atoms with Gasteiger partial charge in [0.2, 0.25) is 5.60 Å². The van der Waals surface area contributed by atoms with Gasteiger partial charge in [0.15, 0.2) is 5.65 Å². The summed E-state index contributed by atoms with van der Waals surface area (Å²) in [5.74, 6) is -0.0803. The van der Waals surface area contributed by atoms with Crippen LogP contribution in [0.4, 0.5) is 0 Å². The van der Waals surface area contributed by atoms with E-state index in [0.717, 1.165) is 24.0 Å². The van der Waals surface area contributed by atoms with E-state index >= 15 is 0 Å². The molecule has 4 aromatic rings. The first-order chi connectivity index (χ1) is 23.6. The third-order valence-electron chi connectivity index (χ3n) is 11.5. The minimum Gasteiger partial charge on any atom is -0.404 e. The molecular weight excluding hydrogens is 619 g/mol. The van der Waals surface area contributed by atoms with Gasteiger partial charge in [-0.2, -0.15) is 0 Å². The maximum absolute atomic E-state index is 14.6. The van der Waals surface area contributed by atoms with E-state index in [0.29, 0.717) is 41.6 Å². The number of oxime groups is 1. The highest BCUT2D eigenvalue weighted by atomic mass is 16.7. The van der Waals surface area contributed by atoms with Crippen molar-refractivity contribution in [2.75, 3.05) is 6.54 Å². The van der Waals surface area contributed by atoms with Crippen LogP contribution in [0.1, 0.15) is 61.5 Å². The highest BCUT2D eigenvalue weighted by Crippen LogP contribution is 2.65. The Morgan fingerprint density at radius 1 is 1.00 bits per heavy atom. The topological polar surface area (TPSA) is 128 Å². The quantitative estimate of drug-likeness (QED) is 0.244. The van der Waals surface area contributed by atoms with Crippen molar-refractivity contribution in [2.45, 2.75) is 76.1 Å². The van der Waals surface area contributed by atoms with Crippen molar-refractivity contribution in [1.29, 1.82) is 0 Å². The fourth-order valence-corrected chi connectivity index (χ4v) is 8.62. The molecular formula is C37H41BN6O5. The van der Waals surface area contributed by atoms with Crippen molar-refractivity contribution in [2.24, 2.45) is 22.4 Å². The largest absolute Gasteiger partial charge is 0.482 e. The summed E-state index contributed by atoms with van der Waals surface area (Å²) in [6.07, 6.45) is 6.42. The lowest BCUT2D eigenvalue weighted by atomic mass is 9.43. The summed E-state index contributed by atoms with van der Waals surface area (Å²) >= 11 is 0. The molecule has 252 valence electrons. The van der Waals surface area contributed by atoms with Crippen LogP contribution in [0.3, 0.4) is 0 Å². The molecule has 2 N–H and O–H groups in total. The number of hydrogen-bond donors (Lipinski definition) is 2. The Morgan fingerprint density at radius 2 is 1.76 bits per heavy atom. The fourth-order valence-electron chi connectivity index (χ4n) is 8.62. The van der Waals surface area contributed by atoms with Gasteiger partial charge in [-0.3, -0.25) is 14.0 Å². The molecule has 6 atom stereocenters. The van der Waals surface area contributed by atoms with E-state index in [1.54, 1.807) is 29.1 Å². The second-order valence-electron chi connectivity index (χ2n) is 14.9. The fraction of sp³-hybridized carbons (Fsp3) is 0.432. The maximum Gasteiger partial charge on any atom is 0.482 e. The molecule has 4 heterocycles. The molecule has 4 fully saturated rings. The van der Waals surface area contributed by atoms with Gasteiger partial charge in [0.1, 0.15) is 6.33 Å². The molecule has 5 aliphatic rings. The number of rotatable bonds is 10. The van der Waals surface area contributed by atoms with Gasteiger partial charge in [0.25, 0.3) is 11.8 Å². The minimum absolute atomic E-state index is 0.0207. The predicted molar refractivity (Wildman–Crippen MR) is 184 cm³/mol. The van der Waals surface area contributed by atoms with Crippen molar-refractivity contribution in [3.63, 3.8) is 0 Å². The van der Waals surface area contributed by atoms with Crippen LogP contribution in [0, 0.1) is 17.3 Å². The van der Waals surface area contributed by atoms with Crippen molar-refractivity contribution in [3.8, 4) is 0 Å². The Balaban J connectivity index is 1.02. The number of benzene rings is 2. The number of nitrogens with one attached hydrogen (secondary N) is 2. The molecule has 0 spiro atoms. The van der Waals surface area contributed by atoms with Crippen LogP contribution in [0.25, 0.3) is 5.65 Å². The summed E-state index contributed by atoms with van der Waals surface area (Å²) in [5, 5.41) is 18.6. The number of carbonyl (C=O) groups is 2. The summed E-state index contributed by atoms with van der Waals surface area (Å²) < 4.78 is 15.3. The van der Waals surface area contributed by atoms with Gasteiger partial charge in [-0.1, -0.05) is 79.7 Å². The van der Waals surface area contributed by atoms with E-state index in [-0.39, 0.29) is 36.3 Å². The normalized spacial score (nSPS) is 28.6. The molecule has 2 aromatic heterocycles. The molecule has 2 aliphatic heterocycles. The Morgan fingerprint density at radius 3 is 2.51 bits per heavy atom. The van der Waals surface area contributed by atoms with E-state index in [4.69, 9.17) is 14.1 Å². The lowest BCUT2D eigenvalue weighted by molar-refractivity contribution is -0.199. The lowest BCUT2D eigenvalue weighted by Crippen LogP contribution is -2.65. The summed E-state index contributed by atoms with van der Waals surface area (Å²) in [4.78, 5) is 33.9. The number of carbonyl (C=O) groups excluding carboxylic acids is 2. The van der Waals surface area contributed by atoms with Crippen LogP contribution in [-0.4, -0.2) is 69.0 Å². The zero-order chi connectivity index (χ0) is 33.8. The monoisotopic (exact) mass is 660 g/mol. The van der Waals surface area contributed by atoms with Gasteiger partial charge >= 0.3 is 7.12 Å². The van der Waals surface area contributed by atoms with Crippen LogP contribution >= 0.6 is 0 Å². The predicted octanol–water partition coefficient (Wildman–Crippen LogP) is 4.21. The smallest absolute Gasteiger partial charge is 0.404 e. The van der Waals surface area contributed by atoms with Gasteiger partial charge in [-0.25, -0.2) is 0 Å². The van der Waals surface area contributed by atoms with E-state index in [1.807, 2.05) is 48.5 Å². The summed E-state index contributed by atoms with van der Waals surface area (Å²) in [7, 11) is -0.621. The molecule has 12 heteroatoms. The van der Waals surface area contributed by atoms with Crippen LogP contribution in [0.5, 0.6) is 0 Å². The van der Waals surface area contributed by atoms with Gasteiger partial charge in [0.05, 0.1) is 35.5 Å². The standard InChI is InChI=1S/C37H41BN6O5/c1-35(2)26-18-29(35)36(3)30(19-26)47-38(48-36)31(17-24-11-6-4-7-12-24)41-34(46)37(20-25-13-8-5-9-14-25)21-27(43-49-37)22-39-33(45)28-15-10-16-44-23-40-42-32(28)44/h4-16,23,26,29-31H,17-22H2,1-3H3,(H,39,45)(H,41,46)/t26-,29-,30+,31-,36-,37?/m0/s1. The second-order valence-corrected chi connectivity index (χ2v) is 14.9. The van der Waals surface area contributed by atoms with Crippen LogP contribution < -0.4 is 10.6 Å². The van der Waals surface area contributed by atoms with Crippen LogP contribution in [0.15, 0.2) is 90.5 Å². The zero-order valence-corrected chi connectivity index (χ0v) is 28.0. The van der Waals surface area contributed by atoms with E-state index in [2.05, 4.69) is 58.9 Å². The maximum atomic E-state index is 14.6. The molecule has 3 aliphatic carbocycles. The number of nitrogens with zero attached hydrogens (tertiary/aromatic N) is 4. The molecule has 2 aromatic carbocycles. The number of pyridine rings is 1. The van der Waals surface area contributed by atoms with Crippen molar-refractivity contribution in [1.82, 2.24) is 25.2 Å². The molecule has 2 amide bonds. The van der Waals surface area contributed by atoms with Crippen molar-refractivity contribution >= 4 is 30.3 Å². The number of amides is 2. The van der Waals surface area contributed by atoms with Gasteiger partial charge in [0, 0.05) is 19.0 Å². The summed E-state index contributed by atoms with van der Waals surface area (Å²) in [6.45, 7) is 6.98. The Bertz CT molecular complexity index is 1900. The van der Waals surface area contributed by atoms with Crippen molar-refractivity contribution in [3.05, 3.63) is 102 Å². The minimum atomic E-state index is -1.33. The third-order valence-corrected chi connectivity index (χ3v) is 11.5. The van der Waals surface area contributed by atoms with Gasteiger partial charge in [-0.05, 0) is 66.7 Å². The molecule has 1 unspecified atom stereocenters. The summed E-state index contributed by atoms with van der Waals surface area (Å²) in [6, 6.07) is 23.3. The highest BCUT2D eigenvalue weighted by molar-refractivity contribution is 6.48. The van der Waals surface area contributed by atoms with E-state index in [1.165, 1.54) is 0 Å². The Labute approximate surface area is 285 Å². The van der Waals surface area contributed by atoms with Crippen LogP contribution in [-0.2, 0) is 31.8 Å². The lowest BCUT2D eigenvalue weighted by Gasteiger charge is -2.64. The molecule has 11 nitrogen and oxygen atoms in total. The third kappa shape index (κ3) is 5.60. The van der Waals surface area contributed by atoms with Crippen molar-refractivity contribution < 1.29 is 23.7 Å². The summed E-state index contributed by atoms with van der Waals surface area (Å²) in [5.41, 5.74) is 1.86. The first kappa shape index (κ1) is 31.7. The Kier molecular flexibility index (Phi) is 7.83. The van der Waals surface area contributed by atoms with Crippen LogP contribution in [0.2, 0.25) is 0 Å². The molecule has 0 radical (unpaired) electrons. The second kappa shape index (κ2) is 12.1. The van der Waals surface area contributed by atoms with Gasteiger partial charge < -0.3 is 24.8 Å². The first-order valence-corrected chi connectivity index (χ1v) is 17.2. The van der Waals surface area contributed by atoms with E-state index in [9.17, 15) is 9.59 Å².